The van der Waals surface area contributed by atoms with Crippen LogP contribution in [0.1, 0.15) is 11.1 Å². The lowest BCUT2D eigenvalue weighted by atomic mass is 10.1. The highest BCUT2D eigenvalue weighted by molar-refractivity contribution is 6.10. The molecule has 0 N–H and O–H groups in total. The van der Waals surface area contributed by atoms with Crippen LogP contribution < -0.4 is 0 Å². The first kappa shape index (κ1) is 12.2. The Morgan fingerprint density at radius 2 is 1.29 bits per heavy atom. The van der Waals surface area contributed by atoms with E-state index >= 15 is 0 Å². The summed E-state index contributed by atoms with van der Waals surface area (Å²) >= 11 is 0. The fraction of sp³-hybridized carbons (Fsp3) is 0.100. The zero-order valence-corrected chi connectivity index (χ0v) is 12.3. The van der Waals surface area contributed by atoms with E-state index in [0.29, 0.717) is 0 Å². The standard InChI is InChI=1S/C20H17N/c1-14-8-3-5-12-18(14)21-19-13-6-4-10-16(19)17-11-7-9-15(2)20(17)21/h3-13H,1-2H3. The van der Waals surface area contributed by atoms with Crippen LogP contribution in [0, 0.1) is 13.8 Å². The molecule has 0 aliphatic rings. The Morgan fingerprint density at radius 1 is 0.619 bits per heavy atom. The molecule has 1 nitrogen and oxygen atoms in total. The third kappa shape index (κ3) is 1.71. The summed E-state index contributed by atoms with van der Waals surface area (Å²) in [5.74, 6) is 0. The molecule has 0 saturated heterocycles. The van der Waals surface area contributed by atoms with Crippen molar-refractivity contribution in [2.75, 3.05) is 0 Å². The molecule has 0 aliphatic heterocycles. The minimum atomic E-state index is 1.26. The van der Waals surface area contributed by atoms with Gasteiger partial charge in [0.2, 0.25) is 0 Å². The summed E-state index contributed by atoms with van der Waals surface area (Å²) in [5.41, 5.74) is 6.46. The van der Waals surface area contributed by atoms with Crippen molar-refractivity contribution >= 4 is 21.8 Å². The Bertz CT molecular complexity index is 960. The van der Waals surface area contributed by atoms with E-state index in [0.717, 1.165) is 0 Å². The van der Waals surface area contributed by atoms with Crippen molar-refractivity contribution < 1.29 is 0 Å². The zero-order chi connectivity index (χ0) is 14.4. The lowest BCUT2D eigenvalue weighted by molar-refractivity contribution is 1.14. The van der Waals surface area contributed by atoms with E-state index in [9.17, 15) is 0 Å². The number of hydrogen-bond acceptors (Lipinski definition) is 0. The summed E-state index contributed by atoms with van der Waals surface area (Å²) in [6.45, 7) is 4.37. The Balaban J connectivity index is 2.28. The van der Waals surface area contributed by atoms with Crippen molar-refractivity contribution in [1.82, 2.24) is 4.57 Å². The highest BCUT2D eigenvalue weighted by atomic mass is 15.0. The first-order valence-electron chi connectivity index (χ1n) is 7.32. The highest BCUT2D eigenvalue weighted by Gasteiger charge is 2.13. The van der Waals surface area contributed by atoms with Gasteiger partial charge in [0.1, 0.15) is 0 Å². The van der Waals surface area contributed by atoms with Gasteiger partial charge in [0, 0.05) is 16.5 Å². The summed E-state index contributed by atoms with van der Waals surface area (Å²) in [7, 11) is 0. The van der Waals surface area contributed by atoms with E-state index in [1.54, 1.807) is 0 Å². The minimum absolute atomic E-state index is 1.26. The molecule has 1 heteroatoms. The zero-order valence-electron chi connectivity index (χ0n) is 12.3. The summed E-state index contributed by atoms with van der Waals surface area (Å²) in [5, 5.41) is 2.65. The molecule has 0 bridgehead atoms. The number of fused-ring (bicyclic) bond motifs is 3. The molecule has 0 amide bonds. The summed E-state index contributed by atoms with van der Waals surface area (Å²) < 4.78 is 2.40. The van der Waals surface area contributed by atoms with Crippen molar-refractivity contribution in [2.24, 2.45) is 0 Å². The van der Waals surface area contributed by atoms with Gasteiger partial charge >= 0.3 is 0 Å². The fourth-order valence-electron chi connectivity index (χ4n) is 3.25. The molecular formula is C20H17N. The van der Waals surface area contributed by atoms with E-state index < -0.39 is 0 Å². The average Bonchev–Trinajstić information content (AvgIpc) is 2.84. The van der Waals surface area contributed by atoms with Crippen LogP contribution in [0.2, 0.25) is 0 Å². The Morgan fingerprint density at radius 3 is 2.14 bits per heavy atom. The number of aryl methyl sites for hydroxylation is 2. The van der Waals surface area contributed by atoms with Gasteiger partial charge in [-0.3, -0.25) is 0 Å². The van der Waals surface area contributed by atoms with Crippen LogP contribution in [0.4, 0.5) is 0 Å². The van der Waals surface area contributed by atoms with E-state index in [1.807, 2.05) is 0 Å². The lowest BCUT2D eigenvalue weighted by Crippen LogP contribution is -1.97. The second kappa shape index (κ2) is 4.49. The SMILES string of the molecule is Cc1ccccc1-n1c2ccccc2c2cccc(C)c21. The van der Waals surface area contributed by atoms with Gasteiger partial charge in [-0.2, -0.15) is 0 Å². The van der Waals surface area contributed by atoms with E-state index in [-0.39, 0.29) is 0 Å². The molecule has 1 heterocycles. The van der Waals surface area contributed by atoms with Crippen LogP contribution in [-0.4, -0.2) is 4.57 Å². The molecule has 1 aromatic heterocycles. The van der Waals surface area contributed by atoms with Crippen LogP contribution >= 0.6 is 0 Å². The monoisotopic (exact) mass is 271 g/mol. The van der Waals surface area contributed by atoms with Crippen LogP contribution in [0.5, 0.6) is 0 Å². The maximum Gasteiger partial charge on any atom is 0.0570 e. The molecule has 4 rings (SSSR count). The maximum absolute atomic E-state index is 2.40. The second-order valence-electron chi connectivity index (χ2n) is 5.61. The maximum atomic E-state index is 2.40. The number of aromatic nitrogens is 1. The first-order valence-corrected chi connectivity index (χ1v) is 7.32. The first-order chi connectivity index (χ1) is 10.3. The predicted molar refractivity (Wildman–Crippen MR) is 90.3 cm³/mol. The summed E-state index contributed by atoms with van der Waals surface area (Å²) in [4.78, 5) is 0. The van der Waals surface area contributed by atoms with Gasteiger partial charge in [0.25, 0.3) is 0 Å². The summed E-state index contributed by atoms with van der Waals surface area (Å²) in [6.07, 6.45) is 0. The minimum Gasteiger partial charge on any atom is -0.309 e. The molecular weight excluding hydrogens is 254 g/mol. The normalized spacial score (nSPS) is 11.3. The highest BCUT2D eigenvalue weighted by Crippen LogP contribution is 2.34. The molecule has 0 unspecified atom stereocenters. The molecule has 0 fully saturated rings. The van der Waals surface area contributed by atoms with Crippen molar-refractivity contribution in [3.8, 4) is 5.69 Å². The van der Waals surface area contributed by atoms with Gasteiger partial charge in [-0.05, 0) is 37.1 Å². The molecule has 0 radical (unpaired) electrons. The molecule has 0 saturated carbocycles. The lowest BCUT2D eigenvalue weighted by Gasteiger charge is -2.12. The fourth-order valence-corrected chi connectivity index (χ4v) is 3.25. The summed E-state index contributed by atoms with van der Waals surface area (Å²) in [6, 6.07) is 23.8. The van der Waals surface area contributed by atoms with Crippen molar-refractivity contribution in [2.45, 2.75) is 13.8 Å². The Hall–Kier alpha value is -2.54. The van der Waals surface area contributed by atoms with Crippen LogP contribution in [0.3, 0.4) is 0 Å². The Labute approximate surface area is 124 Å². The third-order valence-electron chi connectivity index (χ3n) is 4.25. The Kier molecular flexibility index (Phi) is 2.61. The van der Waals surface area contributed by atoms with Crippen LogP contribution in [0.25, 0.3) is 27.5 Å². The van der Waals surface area contributed by atoms with Gasteiger partial charge in [-0.25, -0.2) is 0 Å². The second-order valence-corrected chi connectivity index (χ2v) is 5.61. The number of hydrogen-bond donors (Lipinski definition) is 0. The van der Waals surface area contributed by atoms with Gasteiger partial charge in [0.15, 0.2) is 0 Å². The molecule has 0 spiro atoms. The van der Waals surface area contributed by atoms with Gasteiger partial charge in [-0.1, -0.05) is 54.6 Å². The van der Waals surface area contributed by atoms with Gasteiger partial charge < -0.3 is 4.57 Å². The molecule has 0 atom stereocenters. The number of benzene rings is 3. The number of rotatable bonds is 1. The predicted octanol–water partition coefficient (Wildman–Crippen LogP) is 5.40. The van der Waals surface area contributed by atoms with E-state index in [2.05, 4.69) is 85.1 Å². The van der Waals surface area contributed by atoms with Gasteiger partial charge in [-0.15, -0.1) is 0 Å². The van der Waals surface area contributed by atoms with Crippen molar-refractivity contribution in [3.05, 3.63) is 77.9 Å². The third-order valence-corrected chi connectivity index (χ3v) is 4.25. The van der Waals surface area contributed by atoms with Crippen LogP contribution in [0.15, 0.2) is 66.7 Å². The van der Waals surface area contributed by atoms with Crippen LogP contribution in [-0.2, 0) is 0 Å². The number of nitrogens with zero attached hydrogens (tertiary/aromatic N) is 1. The van der Waals surface area contributed by atoms with Crippen molar-refractivity contribution in [1.29, 1.82) is 0 Å². The van der Waals surface area contributed by atoms with Crippen molar-refractivity contribution in [3.63, 3.8) is 0 Å². The molecule has 3 aromatic carbocycles. The largest absolute Gasteiger partial charge is 0.309 e. The topological polar surface area (TPSA) is 4.93 Å². The quantitative estimate of drug-likeness (QED) is 0.437. The number of para-hydroxylation sites is 3. The molecule has 4 aromatic rings. The van der Waals surface area contributed by atoms with E-state index in [1.165, 1.54) is 38.6 Å². The van der Waals surface area contributed by atoms with Gasteiger partial charge in [0.05, 0.1) is 11.0 Å². The molecule has 21 heavy (non-hydrogen) atoms. The van der Waals surface area contributed by atoms with E-state index in [4.69, 9.17) is 0 Å². The average molecular weight is 271 g/mol. The molecule has 102 valence electrons. The smallest absolute Gasteiger partial charge is 0.0570 e. The molecule has 0 aliphatic carbocycles.